The van der Waals surface area contributed by atoms with Gasteiger partial charge in [0.1, 0.15) is 0 Å². The van der Waals surface area contributed by atoms with Crippen LogP contribution in [0.2, 0.25) is 0 Å². The maximum atomic E-state index is 5.18. The van der Waals surface area contributed by atoms with Crippen LogP contribution in [-0.2, 0) is 24.4 Å². The quantitative estimate of drug-likeness (QED) is 0.752. The van der Waals surface area contributed by atoms with Gasteiger partial charge >= 0.3 is 9.53 Å². The second kappa shape index (κ2) is 11.2. The van der Waals surface area contributed by atoms with Gasteiger partial charge < -0.3 is 22.9 Å². The van der Waals surface area contributed by atoms with Crippen molar-refractivity contribution in [2.75, 3.05) is 26.9 Å². The second-order valence-electron chi connectivity index (χ2n) is 4.11. The lowest BCUT2D eigenvalue weighted by atomic mass is 10.1. The summed E-state index contributed by atoms with van der Waals surface area (Å²) in [5.41, 5.74) is 1.12. The van der Waals surface area contributed by atoms with Gasteiger partial charge in [-0.25, -0.2) is 0 Å². The summed E-state index contributed by atoms with van der Waals surface area (Å²) in [5.74, 6) is 1.44. The maximum Gasteiger partial charge on any atom is 0.577 e. The molecule has 1 aromatic carbocycles. The summed E-state index contributed by atoms with van der Waals surface area (Å²) in [6, 6.07) is 7.79. The molecule has 0 amide bonds. The topological polar surface area (TPSA) is 58.5 Å². The minimum absolute atomic E-state index is 0.619. The molecule has 0 bridgehead atoms. The van der Waals surface area contributed by atoms with Gasteiger partial charge in [0, 0.05) is 25.4 Å². The van der Waals surface area contributed by atoms with E-state index in [9.17, 15) is 0 Å². The van der Waals surface area contributed by atoms with E-state index < -0.39 is 9.53 Å². The predicted molar refractivity (Wildman–Crippen MR) is 85.9 cm³/mol. The fourth-order valence-corrected chi connectivity index (χ4v) is 2.58. The molecule has 2 rings (SSSR count). The lowest BCUT2D eigenvalue weighted by molar-refractivity contribution is 0.107. The summed E-state index contributed by atoms with van der Waals surface area (Å²) in [4.78, 5) is 5.09. The Hall–Kier alpha value is -1.41. The van der Waals surface area contributed by atoms with Crippen molar-refractivity contribution in [3.05, 3.63) is 29.8 Å². The molecule has 0 aliphatic carbocycles. The molecule has 0 spiro atoms. The third-order valence-electron chi connectivity index (χ3n) is 2.58. The largest absolute Gasteiger partial charge is 0.577 e. The van der Waals surface area contributed by atoms with Crippen LogP contribution in [0.4, 0.5) is 0 Å². The van der Waals surface area contributed by atoms with E-state index in [-0.39, 0.29) is 0 Å². The molecule has 0 atom stereocenters. The minimum atomic E-state index is -1.40. The van der Waals surface area contributed by atoms with Crippen molar-refractivity contribution in [3.8, 4) is 5.75 Å². The maximum absolute atomic E-state index is 5.18. The number of benzene rings is 1. The molecule has 0 saturated heterocycles. The summed E-state index contributed by atoms with van der Waals surface area (Å²) in [7, 11) is 0.196. The highest BCUT2D eigenvalue weighted by molar-refractivity contribution is 6.36. The SMILES string of the molecule is CCO[Si](OCC)OCC.COC1=NOc2ccccc2C1. The van der Waals surface area contributed by atoms with E-state index >= 15 is 0 Å². The fraction of sp³-hybridized carbons (Fsp3) is 0.533. The molecule has 1 heterocycles. The van der Waals surface area contributed by atoms with E-state index in [0.717, 1.165) is 11.3 Å². The molecule has 1 aliphatic rings. The van der Waals surface area contributed by atoms with Crippen LogP contribution in [-0.4, -0.2) is 42.4 Å². The Kier molecular flexibility index (Phi) is 9.48. The number of rotatable bonds is 6. The van der Waals surface area contributed by atoms with Gasteiger partial charge in [-0.15, -0.1) is 0 Å². The van der Waals surface area contributed by atoms with Crippen molar-refractivity contribution < 1.29 is 22.9 Å². The van der Waals surface area contributed by atoms with Crippen LogP contribution in [0.25, 0.3) is 0 Å². The Balaban J connectivity index is 0.000000225. The zero-order valence-corrected chi connectivity index (χ0v) is 14.6. The first-order valence-corrected chi connectivity index (χ1v) is 8.58. The average Bonchev–Trinajstić information content (AvgIpc) is 2.56. The second-order valence-corrected chi connectivity index (χ2v) is 5.48. The van der Waals surface area contributed by atoms with E-state index in [2.05, 4.69) is 5.16 Å². The number of para-hydroxylation sites is 1. The Morgan fingerprint density at radius 3 is 2.18 bits per heavy atom. The van der Waals surface area contributed by atoms with Gasteiger partial charge in [0.05, 0.1) is 13.5 Å². The van der Waals surface area contributed by atoms with Crippen molar-refractivity contribution >= 4 is 15.4 Å². The van der Waals surface area contributed by atoms with E-state index in [4.69, 9.17) is 22.9 Å². The van der Waals surface area contributed by atoms with Gasteiger partial charge in [-0.05, 0) is 32.0 Å². The van der Waals surface area contributed by atoms with Crippen LogP contribution >= 0.6 is 0 Å². The fourth-order valence-electron chi connectivity index (χ4n) is 1.62. The Labute approximate surface area is 133 Å². The molecule has 0 aromatic heterocycles. The smallest absolute Gasteiger partial charge is 0.482 e. The monoisotopic (exact) mass is 326 g/mol. The molecule has 1 radical (unpaired) electrons. The number of hydrogen-bond donors (Lipinski definition) is 0. The molecule has 1 aliphatic heterocycles. The normalized spacial score (nSPS) is 12.7. The third-order valence-corrected chi connectivity index (χ3v) is 4.16. The summed E-state index contributed by atoms with van der Waals surface area (Å²) in [6.45, 7) is 7.78. The van der Waals surface area contributed by atoms with Gasteiger partial charge in [-0.1, -0.05) is 18.2 Å². The molecule has 1 aromatic rings. The van der Waals surface area contributed by atoms with E-state index in [1.807, 2.05) is 45.0 Å². The van der Waals surface area contributed by atoms with Gasteiger partial charge in [0.15, 0.2) is 5.75 Å². The zero-order valence-electron chi connectivity index (χ0n) is 13.6. The number of nitrogens with zero attached hydrogens (tertiary/aromatic N) is 1. The Morgan fingerprint density at radius 2 is 1.64 bits per heavy atom. The molecule has 0 N–H and O–H groups in total. The number of oxime groups is 1. The first kappa shape index (κ1) is 18.6. The average molecular weight is 326 g/mol. The van der Waals surface area contributed by atoms with Gasteiger partial charge in [-0.2, -0.15) is 0 Å². The molecule has 22 heavy (non-hydrogen) atoms. The van der Waals surface area contributed by atoms with E-state index in [1.165, 1.54) is 0 Å². The highest BCUT2D eigenvalue weighted by Gasteiger charge is 2.15. The standard InChI is InChI=1S/C9H9NO2.C6H15O3Si/c1-11-9-6-7-4-2-3-5-8(7)12-10-9;1-4-7-10(8-5-2)9-6-3/h2-5H,6H2,1H3;4-6H2,1-3H3. The number of hydrogen-bond acceptors (Lipinski definition) is 6. The lowest BCUT2D eigenvalue weighted by Gasteiger charge is -2.13. The van der Waals surface area contributed by atoms with Crippen LogP contribution in [0.1, 0.15) is 26.3 Å². The molecule has 0 saturated carbocycles. The Morgan fingerprint density at radius 1 is 1.05 bits per heavy atom. The van der Waals surface area contributed by atoms with Crippen molar-refractivity contribution in [1.82, 2.24) is 0 Å². The van der Waals surface area contributed by atoms with E-state index in [0.29, 0.717) is 32.1 Å². The van der Waals surface area contributed by atoms with Crippen LogP contribution in [0.3, 0.4) is 0 Å². The first-order chi connectivity index (χ1) is 10.7. The van der Waals surface area contributed by atoms with Crippen LogP contribution in [0, 0.1) is 0 Å². The molecule has 123 valence electrons. The van der Waals surface area contributed by atoms with Gasteiger partial charge in [0.2, 0.25) is 5.90 Å². The van der Waals surface area contributed by atoms with Crippen molar-refractivity contribution in [2.24, 2.45) is 5.16 Å². The van der Waals surface area contributed by atoms with Gasteiger partial charge in [-0.3, -0.25) is 0 Å². The summed E-state index contributed by atoms with van der Waals surface area (Å²) in [6.07, 6.45) is 0.715. The van der Waals surface area contributed by atoms with Crippen molar-refractivity contribution in [2.45, 2.75) is 27.2 Å². The lowest BCUT2D eigenvalue weighted by Crippen LogP contribution is -2.27. The van der Waals surface area contributed by atoms with Crippen LogP contribution in [0.5, 0.6) is 5.75 Å². The number of fused-ring (bicyclic) bond motifs is 1. The molecule has 0 unspecified atom stereocenters. The van der Waals surface area contributed by atoms with Crippen molar-refractivity contribution in [1.29, 1.82) is 0 Å². The van der Waals surface area contributed by atoms with Gasteiger partial charge in [0.25, 0.3) is 0 Å². The minimum Gasteiger partial charge on any atom is -0.482 e. The number of ether oxygens (including phenoxy) is 1. The number of methoxy groups -OCH3 is 1. The molecule has 7 heteroatoms. The molecule has 0 fully saturated rings. The van der Waals surface area contributed by atoms with Crippen LogP contribution < -0.4 is 4.84 Å². The molecule has 6 nitrogen and oxygen atoms in total. The third kappa shape index (κ3) is 6.57. The highest BCUT2D eigenvalue weighted by Crippen LogP contribution is 2.22. The molecular formula is C15H24NO5Si. The van der Waals surface area contributed by atoms with Crippen molar-refractivity contribution in [3.63, 3.8) is 0 Å². The predicted octanol–water partition coefficient (Wildman–Crippen LogP) is 2.66. The summed E-state index contributed by atoms with van der Waals surface area (Å²) >= 11 is 0. The van der Waals surface area contributed by atoms with E-state index in [1.54, 1.807) is 7.11 Å². The Bertz CT molecular complexity index is 441. The first-order valence-electron chi connectivity index (χ1n) is 7.36. The van der Waals surface area contributed by atoms with Crippen LogP contribution in [0.15, 0.2) is 29.4 Å². The molecular weight excluding hydrogens is 302 g/mol. The highest BCUT2D eigenvalue weighted by atomic mass is 28.3. The summed E-state index contributed by atoms with van der Waals surface area (Å²) < 4.78 is 20.5. The zero-order chi connectivity index (χ0) is 16.2. The summed E-state index contributed by atoms with van der Waals surface area (Å²) in [5, 5.41) is 3.78.